The quantitative estimate of drug-likeness (QED) is 0.373. The standard InChI is InChI=1S/C20H14ClF3N4O4S2/c1-34(31,32)11-6-4-5-10(9-11)17-25-26-18(33-17)16-14(21)15(19(29)30)27-28(16)13-8-3-2-7-12(13)20(22,23)24/h2-9,19,29-30H,1H3. The number of nitrogens with zero attached hydrogens (tertiary/aromatic N) is 4. The largest absolute Gasteiger partial charge is 0.418 e. The Morgan fingerprint density at radius 1 is 1.06 bits per heavy atom. The summed E-state index contributed by atoms with van der Waals surface area (Å²) in [6.07, 6.45) is -5.84. The Balaban J connectivity index is 1.91. The fourth-order valence-electron chi connectivity index (χ4n) is 3.13. The molecule has 2 heterocycles. The van der Waals surface area contributed by atoms with Gasteiger partial charge in [0.2, 0.25) is 0 Å². The van der Waals surface area contributed by atoms with E-state index in [-0.39, 0.29) is 25.6 Å². The van der Waals surface area contributed by atoms with E-state index in [1.54, 1.807) is 6.07 Å². The molecule has 14 heteroatoms. The minimum Gasteiger partial charge on any atom is -0.363 e. The van der Waals surface area contributed by atoms with E-state index in [1.807, 2.05) is 0 Å². The van der Waals surface area contributed by atoms with Crippen LogP contribution in [-0.2, 0) is 16.0 Å². The summed E-state index contributed by atoms with van der Waals surface area (Å²) in [7, 11) is -3.49. The van der Waals surface area contributed by atoms with Gasteiger partial charge in [0.25, 0.3) is 0 Å². The molecule has 0 bridgehead atoms. The van der Waals surface area contributed by atoms with Crippen molar-refractivity contribution in [3.8, 4) is 27.0 Å². The minimum absolute atomic E-state index is 0.0288. The highest BCUT2D eigenvalue weighted by Gasteiger charge is 2.36. The van der Waals surface area contributed by atoms with Gasteiger partial charge >= 0.3 is 6.18 Å². The molecule has 0 radical (unpaired) electrons. The number of alkyl halides is 3. The van der Waals surface area contributed by atoms with E-state index in [1.165, 1.54) is 30.3 Å². The lowest BCUT2D eigenvalue weighted by Gasteiger charge is -2.14. The van der Waals surface area contributed by atoms with Gasteiger partial charge in [-0.3, -0.25) is 0 Å². The molecule has 0 atom stereocenters. The van der Waals surface area contributed by atoms with Gasteiger partial charge < -0.3 is 10.2 Å². The minimum atomic E-state index is -4.73. The van der Waals surface area contributed by atoms with Gasteiger partial charge in [0, 0.05) is 11.8 Å². The Morgan fingerprint density at radius 3 is 2.38 bits per heavy atom. The molecule has 0 aliphatic heterocycles. The molecule has 0 saturated carbocycles. The number of para-hydroxylation sites is 1. The summed E-state index contributed by atoms with van der Waals surface area (Å²) in [4.78, 5) is 0.0506. The van der Waals surface area contributed by atoms with E-state index in [0.29, 0.717) is 5.56 Å². The smallest absolute Gasteiger partial charge is 0.363 e. The first-order valence-electron chi connectivity index (χ1n) is 9.33. The third kappa shape index (κ3) is 4.57. The van der Waals surface area contributed by atoms with Crippen LogP contribution >= 0.6 is 22.9 Å². The lowest BCUT2D eigenvalue weighted by atomic mass is 10.1. The molecule has 0 aliphatic rings. The highest BCUT2D eigenvalue weighted by atomic mass is 35.5. The Bertz CT molecular complexity index is 1480. The van der Waals surface area contributed by atoms with E-state index < -0.39 is 39.2 Å². The fourth-order valence-corrected chi connectivity index (χ4v) is 5.04. The second-order valence-corrected chi connectivity index (χ2v) is 10.4. The topological polar surface area (TPSA) is 118 Å². The summed E-state index contributed by atoms with van der Waals surface area (Å²) < 4.78 is 65.5. The summed E-state index contributed by atoms with van der Waals surface area (Å²) >= 11 is 7.20. The van der Waals surface area contributed by atoms with Crippen LogP contribution in [0.2, 0.25) is 5.02 Å². The molecule has 0 aliphatic carbocycles. The van der Waals surface area contributed by atoms with E-state index in [4.69, 9.17) is 11.6 Å². The van der Waals surface area contributed by atoms with Crippen LogP contribution in [0.25, 0.3) is 27.0 Å². The van der Waals surface area contributed by atoms with Crippen LogP contribution < -0.4 is 0 Å². The maximum absolute atomic E-state index is 13.6. The molecular formula is C20H14ClF3N4O4S2. The van der Waals surface area contributed by atoms with Gasteiger partial charge in [0.1, 0.15) is 16.4 Å². The molecular weight excluding hydrogens is 517 g/mol. The SMILES string of the molecule is CS(=O)(=O)c1cccc(-c2nnc(-c3c(Cl)c(C(O)O)nn3-c3ccccc3C(F)(F)F)s2)c1. The second kappa shape index (κ2) is 8.74. The van der Waals surface area contributed by atoms with Gasteiger partial charge in [-0.25, -0.2) is 13.1 Å². The van der Waals surface area contributed by atoms with Gasteiger partial charge in [-0.1, -0.05) is 47.2 Å². The number of benzene rings is 2. The fraction of sp³-hybridized carbons (Fsp3) is 0.150. The number of hydrogen-bond donors (Lipinski definition) is 2. The predicted molar refractivity (Wildman–Crippen MR) is 118 cm³/mol. The molecule has 2 N–H and O–H groups in total. The van der Waals surface area contributed by atoms with E-state index in [2.05, 4.69) is 15.3 Å². The molecule has 178 valence electrons. The number of aromatic nitrogens is 4. The molecule has 4 rings (SSSR count). The van der Waals surface area contributed by atoms with Gasteiger partial charge in [-0.2, -0.15) is 18.3 Å². The van der Waals surface area contributed by atoms with Crippen molar-refractivity contribution < 1.29 is 31.8 Å². The van der Waals surface area contributed by atoms with Crippen molar-refractivity contribution in [1.29, 1.82) is 0 Å². The molecule has 0 spiro atoms. The average molecular weight is 531 g/mol. The molecule has 2 aromatic heterocycles. The van der Waals surface area contributed by atoms with Gasteiger partial charge in [-0.05, 0) is 24.3 Å². The maximum Gasteiger partial charge on any atom is 0.418 e. The third-order valence-corrected chi connectivity index (χ3v) is 7.13. The molecule has 0 fully saturated rings. The zero-order valence-corrected chi connectivity index (χ0v) is 19.4. The van der Waals surface area contributed by atoms with E-state index in [0.717, 1.165) is 34.4 Å². The lowest BCUT2D eigenvalue weighted by Crippen LogP contribution is -2.12. The number of hydrogen-bond acceptors (Lipinski definition) is 8. The number of aliphatic hydroxyl groups excluding tert-OH is 1. The van der Waals surface area contributed by atoms with Crippen molar-refractivity contribution in [3.63, 3.8) is 0 Å². The number of sulfone groups is 1. The van der Waals surface area contributed by atoms with Crippen LogP contribution in [0.15, 0.2) is 53.4 Å². The Hall–Kier alpha value is -2.84. The van der Waals surface area contributed by atoms with Crippen LogP contribution in [0, 0.1) is 0 Å². The number of halogens is 4. The molecule has 2 aromatic carbocycles. The van der Waals surface area contributed by atoms with Gasteiger partial charge in [0.15, 0.2) is 21.1 Å². The first-order chi connectivity index (χ1) is 15.9. The summed E-state index contributed by atoms with van der Waals surface area (Å²) in [6.45, 7) is 0. The van der Waals surface area contributed by atoms with Crippen LogP contribution in [0.4, 0.5) is 13.2 Å². The first kappa shape index (κ1) is 24.3. The molecule has 0 amide bonds. The highest BCUT2D eigenvalue weighted by molar-refractivity contribution is 7.90. The van der Waals surface area contributed by atoms with E-state index in [9.17, 15) is 31.8 Å². The Kier molecular flexibility index (Phi) is 6.25. The highest BCUT2D eigenvalue weighted by Crippen LogP contribution is 2.41. The predicted octanol–water partition coefficient (Wildman–Crippen LogP) is 4.12. The van der Waals surface area contributed by atoms with Crippen molar-refractivity contribution in [2.75, 3.05) is 6.26 Å². The van der Waals surface area contributed by atoms with Crippen molar-refractivity contribution in [1.82, 2.24) is 20.0 Å². The van der Waals surface area contributed by atoms with Crippen LogP contribution in [0.5, 0.6) is 0 Å². The summed E-state index contributed by atoms with van der Waals surface area (Å²) in [5.74, 6) is 0. The molecule has 34 heavy (non-hydrogen) atoms. The number of rotatable bonds is 5. The van der Waals surface area contributed by atoms with E-state index >= 15 is 0 Å². The van der Waals surface area contributed by atoms with Crippen molar-refractivity contribution in [2.45, 2.75) is 17.4 Å². The van der Waals surface area contributed by atoms with Crippen molar-refractivity contribution >= 4 is 32.8 Å². The average Bonchev–Trinajstić information content (AvgIpc) is 3.37. The zero-order valence-electron chi connectivity index (χ0n) is 17.0. The Labute approximate surface area is 199 Å². The van der Waals surface area contributed by atoms with Crippen LogP contribution in [0.3, 0.4) is 0 Å². The molecule has 4 aromatic rings. The summed E-state index contributed by atoms with van der Waals surface area (Å²) in [6, 6.07) is 10.5. The monoisotopic (exact) mass is 530 g/mol. The maximum atomic E-state index is 13.6. The second-order valence-electron chi connectivity index (χ2n) is 7.06. The van der Waals surface area contributed by atoms with Crippen LogP contribution in [-0.4, -0.2) is 44.9 Å². The molecule has 0 unspecified atom stereocenters. The van der Waals surface area contributed by atoms with Gasteiger partial charge in [-0.15, -0.1) is 10.2 Å². The van der Waals surface area contributed by atoms with Crippen molar-refractivity contribution in [3.05, 3.63) is 64.8 Å². The summed E-state index contributed by atoms with van der Waals surface area (Å²) in [5, 5.41) is 31.2. The molecule has 0 saturated heterocycles. The first-order valence-corrected chi connectivity index (χ1v) is 12.4. The van der Waals surface area contributed by atoms with Crippen molar-refractivity contribution in [2.24, 2.45) is 0 Å². The van der Waals surface area contributed by atoms with Crippen LogP contribution in [0.1, 0.15) is 17.5 Å². The third-order valence-electron chi connectivity index (χ3n) is 4.67. The summed E-state index contributed by atoms with van der Waals surface area (Å²) in [5.41, 5.74) is -1.63. The Morgan fingerprint density at radius 2 is 1.74 bits per heavy atom. The normalized spacial score (nSPS) is 12.5. The lowest BCUT2D eigenvalue weighted by molar-refractivity contribution is -0.137. The molecule has 8 nitrogen and oxygen atoms in total. The van der Waals surface area contributed by atoms with Gasteiger partial charge in [0.05, 0.1) is 21.2 Å². The number of aliphatic hydroxyl groups is 2. The zero-order chi connectivity index (χ0) is 24.8.